The topological polar surface area (TPSA) is 0 Å². The van der Waals surface area contributed by atoms with Gasteiger partial charge >= 0.3 is 0 Å². The van der Waals surface area contributed by atoms with E-state index in [0.29, 0.717) is 5.92 Å². The molecule has 0 fully saturated rings. The van der Waals surface area contributed by atoms with E-state index in [-0.39, 0.29) is 0 Å². The van der Waals surface area contributed by atoms with Gasteiger partial charge < -0.3 is 0 Å². The van der Waals surface area contributed by atoms with E-state index in [2.05, 4.69) is 68.6 Å². The Balaban J connectivity index is 2.56. The van der Waals surface area contributed by atoms with E-state index in [1.807, 2.05) is 12.2 Å². The number of hydrogen-bond acceptors (Lipinski definition) is 0. The molecule has 0 saturated carbocycles. The predicted molar refractivity (Wildman–Crippen MR) is 85.2 cm³/mol. The number of hydrogen-bond donors (Lipinski definition) is 0. The van der Waals surface area contributed by atoms with E-state index in [0.717, 1.165) is 6.42 Å². The lowest BCUT2D eigenvalue weighted by molar-refractivity contribution is 0.774. The van der Waals surface area contributed by atoms with Crippen molar-refractivity contribution in [2.24, 2.45) is 0 Å². The van der Waals surface area contributed by atoms with Crippen LogP contribution in [0.3, 0.4) is 0 Å². The Morgan fingerprint density at radius 3 is 1.63 bits per heavy atom. The van der Waals surface area contributed by atoms with E-state index >= 15 is 0 Å². The third kappa shape index (κ3) is 2.68. The molecule has 0 aliphatic carbocycles. The van der Waals surface area contributed by atoms with Gasteiger partial charge in [-0.05, 0) is 28.7 Å². The number of benzene rings is 2. The lowest BCUT2D eigenvalue weighted by atomic mass is 9.84. The van der Waals surface area contributed by atoms with Crippen molar-refractivity contribution in [1.29, 1.82) is 0 Å². The van der Waals surface area contributed by atoms with Gasteiger partial charge in [-0.25, -0.2) is 0 Å². The van der Waals surface area contributed by atoms with Crippen molar-refractivity contribution < 1.29 is 0 Å². The monoisotopic (exact) mass is 248 g/mol. The molecule has 0 atom stereocenters. The highest BCUT2D eigenvalue weighted by molar-refractivity contribution is 5.59. The van der Waals surface area contributed by atoms with Crippen LogP contribution in [0.15, 0.2) is 61.7 Å². The van der Waals surface area contributed by atoms with Crippen LogP contribution in [0.5, 0.6) is 0 Å². The van der Waals surface area contributed by atoms with Crippen LogP contribution in [0, 0.1) is 0 Å². The molecule has 0 saturated heterocycles. The van der Waals surface area contributed by atoms with Gasteiger partial charge in [0, 0.05) is 5.92 Å². The van der Waals surface area contributed by atoms with Crippen molar-refractivity contribution in [3.05, 3.63) is 83.9 Å². The zero-order valence-electron chi connectivity index (χ0n) is 11.5. The molecule has 0 N–H and O–H groups in total. The van der Waals surface area contributed by atoms with Gasteiger partial charge in [0.15, 0.2) is 0 Å². The largest absolute Gasteiger partial charge is 0.0985 e. The smallest absolute Gasteiger partial charge is 0.00985 e. The first-order valence-corrected chi connectivity index (χ1v) is 6.74. The molecule has 0 heterocycles. The molecule has 0 unspecified atom stereocenters. The summed E-state index contributed by atoms with van der Waals surface area (Å²) < 4.78 is 0. The Kier molecular flexibility index (Phi) is 4.35. The Hall–Kier alpha value is -2.08. The van der Waals surface area contributed by atoms with Crippen LogP contribution in [0.2, 0.25) is 0 Å². The summed E-state index contributed by atoms with van der Waals surface area (Å²) >= 11 is 0. The summed E-state index contributed by atoms with van der Waals surface area (Å²) in [4.78, 5) is 0. The zero-order chi connectivity index (χ0) is 13.7. The third-order valence-corrected chi connectivity index (χ3v) is 3.59. The summed E-state index contributed by atoms with van der Waals surface area (Å²) in [6.07, 6.45) is 4.94. The van der Waals surface area contributed by atoms with Crippen molar-refractivity contribution in [3.8, 4) is 0 Å². The predicted octanol–water partition coefficient (Wildman–Crippen LogP) is 5.51. The maximum absolute atomic E-state index is 3.92. The minimum Gasteiger partial charge on any atom is -0.0985 e. The van der Waals surface area contributed by atoms with E-state index in [4.69, 9.17) is 0 Å². The molecule has 2 aromatic carbocycles. The van der Waals surface area contributed by atoms with Crippen LogP contribution in [-0.2, 0) is 0 Å². The molecule has 0 nitrogen and oxygen atoms in total. The summed E-state index contributed by atoms with van der Waals surface area (Å²) in [6.45, 7) is 10.1. The van der Waals surface area contributed by atoms with Crippen LogP contribution in [-0.4, -0.2) is 0 Å². The van der Waals surface area contributed by atoms with Crippen molar-refractivity contribution >= 4 is 12.2 Å². The van der Waals surface area contributed by atoms with Crippen LogP contribution < -0.4 is 0 Å². The van der Waals surface area contributed by atoms with Crippen molar-refractivity contribution in [2.75, 3.05) is 0 Å². The fourth-order valence-corrected chi connectivity index (χ4v) is 2.64. The first-order valence-electron chi connectivity index (χ1n) is 6.74. The molecule has 0 aliphatic heterocycles. The average molecular weight is 248 g/mol. The van der Waals surface area contributed by atoms with Gasteiger partial charge in [-0.1, -0.05) is 80.8 Å². The molecule has 0 aliphatic rings. The second kappa shape index (κ2) is 6.19. The van der Waals surface area contributed by atoms with Crippen LogP contribution in [0.25, 0.3) is 12.2 Å². The normalized spacial score (nSPS) is 10.4. The maximum Gasteiger partial charge on any atom is 0.00985 e. The van der Waals surface area contributed by atoms with E-state index in [1.165, 1.54) is 22.3 Å². The Morgan fingerprint density at radius 1 is 0.842 bits per heavy atom. The Bertz CT molecular complexity index is 527. The van der Waals surface area contributed by atoms with Gasteiger partial charge in [0.2, 0.25) is 0 Å². The molecular weight excluding hydrogens is 228 g/mol. The Morgan fingerprint density at radius 2 is 1.26 bits per heavy atom. The van der Waals surface area contributed by atoms with E-state index < -0.39 is 0 Å². The van der Waals surface area contributed by atoms with Crippen LogP contribution in [0.1, 0.15) is 41.5 Å². The minimum atomic E-state index is 0.392. The molecule has 0 spiro atoms. The molecule has 96 valence electrons. The summed E-state index contributed by atoms with van der Waals surface area (Å²) in [5.41, 5.74) is 5.12. The van der Waals surface area contributed by atoms with Crippen molar-refractivity contribution in [3.63, 3.8) is 0 Å². The van der Waals surface area contributed by atoms with Crippen LogP contribution >= 0.6 is 0 Å². The fraction of sp³-hybridized carbons (Fsp3) is 0.158. The lowest BCUT2D eigenvalue weighted by Gasteiger charge is -2.20. The summed E-state index contributed by atoms with van der Waals surface area (Å²) in [6, 6.07) is 17.0. The van der Waals surface area contributed by atoms with Gasteiger partial charge in [-0.3, -0.25) is 0 Å². The van der Waals surface area contributed by atoms with Gasteiger partial charge in [0.25, 0.3) is 0 Å². The third-order valence-electron chi connectivity index (χ3n) is 3.59. The van der Waals surface area contributed by atoms with Crippen LogP contribution in [0.4, 0.5) is 0 Å². The fourth-order valence-electron chi connectivity index (χ4n) is 2.64. The molecule has 0 bridgehead atoms. The zero-order valence-corrected chi connectivity index (χ0v) is 11.5. The van der Waals surface area contributed by atoms with Gasteiger partial charge in [0.05, 0.1) is 0 Å². The molecule has 0 radical (unpaired) electrons. The van der Waals surface area contributed by atoms with Crippen molar-refractivity contribution in [2.45, 2.75) is 19.3 Å². The highest BCUT2D eigenvalue weighted by Gasteiger charge is 2.16. The molecule has 0 heteroatoms. The summed E-state index contributed by atoms with van der Waals surface area (Å²) in [5, 5.41) is 0. The molecular formula is C19H20. The molecule has 2 aromatic rings. The second-order valence-corrected chi connectivity index (χ2v) is 4.63. The summed E-state index contributed by atoms with van der Waals surface area (Å²) in [7, 11) is 0. The van der Waals surface area contributed by atoms with E-state index in [9.17, 15) is 0 Å². The van der Waals surface area contributed by atoms with Crippen molar-refractivity contribution in [1.82, 2.24) is 0 Å². The van der Waals surface area contributed by atoms with Gasteiger partial charge in [-0.2, -0.15) is 0 Å². The summed E-state index contributed by atoms with van der Waals surface area (Å²) in [5.74, 6) is 0.392. The molecule has 0 amide bonds. The molecule has 19 heavy (non-hydrogen) atoms. The first-order chi connectivity index (χ1) is 9.31. The maximum atomic E-state index is 3.92. The van der Waals surface area contributed by atoms with E-state index in [1.54, 1.807) is 0 Å². The second-order valence-electron chi connectivity index (χ2n) is 4.63. The minimum absolute atomic E-state index is 0.392. The Labute approximate surface area is 116 Å². The quantitative estimate of drug-likeness (QED) is 0.654. The van der Waals surface area contributed by atoms with Gasteiger partial charge in [0.1, 0.15) is 0 Å². The van der Waals surface area contributed by atoms with Gasteiger partial charge in [-0.15, -0.1) is 0 Å². The molecule has 0 aromatic heterocycles. The highest BCUT2D eigenvalue weighted by atomic mass is 14.2. The molecule has 2 rings (SSSR count). The average Bonchev–Trinajstić information content (AvgIpc) is 2.49. The number of rotatable bonds is 5. The first kappa shape index (κ1) is 13.4. The lowest BCUT2D eigenvalue weighted by Crippen LogP contribution is -2.03. The SMILES string of the molecule is C=Cc1ccccc1C(CC)c1ccccc1C=C. The highest BCUT2D eigenvalue weighted by Crippen LogP contribution is 2.33. The standard InChI is InChI=1S/C19H20/c1-4-15-11-7-9-13-18(15)17(6-3)19-14-10-8-12-16(19)5-2/h4-5,7-14,17H,1-2,6H2,3H3.